The molecule has 0 fully saturated rings. The van der Waals surface area contributed by atoms with Crippen LogP contribution in [-0.2, 0) is 16.0 Å². The Morgan fingerprint density at radius 2 is 1.75 bits per heavy atom. The number of ketones is 1. The average Bonchev–Trinajstić information content (AvgIpc) is 2.30. The quantitative estimate of drug-likeness (QED) is 0.434. The zero-order chi connectivity index (χ0) is 12.0. The zero-order valence-electron chi connectivity index (χ0n) is 9.66. The van der Waals surface area contributed by atoms with Gasteiger partial charge >= 0.3 is 5.97 Å². The highest BCUT2D eigenvalue weighted by atomic mass is 16.5. The molecule has 0 bridgehead atoms. The number of carbonyl (C=O) groups excluding carboxylic acids is 2. The fourth-order valence-electron chi connectivity index (χ4n) is 1.43. The van der Waals surface area contributed by atoms with Gasteiger partial charge in [0.15, 0.2) is 0 Å². The van der Waals surface area contributed by atoms with Crippen LogP contribution in [0.4, 0.5) is 0 Å². The van der Waals surface area contributed by atoms with Crippen molar-refractivity contribution in [2.45, 2.75) is 26.7 Å². The number of benzene rings is 1. The lowest BCUT2D eigenvalue weighted by atomic mass is 10.1. The van der Waals surface area contributed by atoms with E-state index in [4.69, 9.17) is 0 Å². The number of esters is 1. The number of hydrogen-bond acceptors (Lipinski definition) is 3. The number of aryl methyl sites for hydroxylation is 1. The second kappa shape index (κ2) is 6.05. The maximum absolute atomic E-state index is 11.5. The van der Waals surface area contributed by atoms with Gasteiger partial charge in [-0.15, -0.1) is 0 Å². The molecule has 0 aliphatic heterocycles. The molecular weight excluding hydrogens is 204 g/mol. The Morgan fingerprint density at radius 3 is 2.25 bits per heavy atom. The second-order valence-electron chi connectivity index (χ2n) is 3.50. The second-order valence-corrected chi connectivity index (χ2v) is 3.50. The summed E-state index contributed by atoms with van der Waals surface area (Å²) in [5.74, 6) is -1.37. The smallest absolute Gasteiger partial charge is 0.379 e. The summed E-state index contributed by atoms with van der Waals surface area (Å²) < 4.78 is 4.65. The predicted octanol–water partition coefficient (Wildman–Crippen LogP) is 2.38. The first-order valence-electron chi connectivity index (χ1n) is 5.49. The number of carbonyl (C=O) groups is 2. The van der Waals surface area contributed by atoms with Crippen LogP contribution in [0.25, 0.3) is 0 Å². The van der Waals surface area contributed by atoms with Crippen molar-refractivity contribution in [3.05, 3.63) is 35.4 Å². The van der Waals surface area contributed by atoms with E-state index >= 15 is 0 Å². The molecule has 0 heterocycles. The van der Waals surface area contributed by atoms with E-state index < -0.39 is 11.8 Å². The summed E-state index contributed by atoms with van der Waals surface area (Å²) in [6.45, 7) is 3.99. The standard InChI is InChI=1S/C13H16O3/c1-3-5-10-6-8-11(9-7-10)12(14)13(15)16-4-2/h6-9H,3-5H2,1-2H3. The van der Waals surface area contributed by atoms with Crippen LogP contribution in [0, 0.1) is 0 Å². The Bertz CT molecular complexity index is 365. The highest BCUT2D eigenvalue weighted by Gasteiger charge is 2.16. The van der Waals surface area contributed by atoms with Gasteiger partial charge in [-0.1, -0.05) is 37.6 Å². The molecule has 1 aromatic carbocycles. The molecule has 0 spiro atoms. The fourth-order valence-corrected chi connectivity index (χ4v) is 1.43. The lowest BCUT2D eigenvalue weighted by Crippen LogP contribution is -2.17. The lowest BCUT2D eigenvalue weighted by molar-refractivity contribution is -0.137. The molecule has 0 atom stereocenters. The fraction of sp³-hybridized carbons (Fsp3) is 0.385. The Labute approximate surface area is 95.4 Å². The first-order valence-corrected chi connectivity index (χ1v) is 5.49. The van der Waals surface area contributed by atoms with Gasteiger partial charge in [-0.2, -0.15) is 0 Å². The van der Waals surface area contributed by atoms with E-state index in [0.29, 0.717) is 5.56 Å². The van der Waals surface area contributed by atoms with Gasteiger partial charge in [-0.25, -0.2) is 4.79 Å². The van der Waals surface area contributed by atoms with Crippen molar-refractivity contribution < 1.29 is 14.3 Å². The van der Waals surface area contributed by atoms with Crippen molar-refractivity contribution in [2.24, 2.45) is 0 Å². The van der Waals surface area contributed by atoms with Crippen LogP contribution in [0.2, 0.25) is 0 Å². The summed E-state index contributed by atoms with van der Waals surface area (Å²) in [6, 6.07) is 7.08. The van der Waals surface area contributed by atoms with Gasteiger partial charge in [0.05, 0.1) is 6.61 Å². The van der Waals surface area contributed by atoms with E-state index in [2.05, 4.69) is 11.7 Å². The minimum atomic E-state index is -0.786. The summed E-state index contributed by atoms with van der Waals surface area (Å²) in [6.07, 6.45) is 2.04. The molecule has 0 amide bonds. The third kappa shape index (κ3) is 3.19. The van der Waals surface area contributed by atoms with Gasteiger partial charge in [-0.05, 0) is 18.9 Å². The van der Waals surface area contributed by atoms with Crippen molar-refractivity contribution >= 4 is 11.8 Å². The SMILES string of the molecule is CCCc1ccc(C(=O)C(=O)OCC)cc1. The lowest BCUT2D eigenvalue weighted by Gasteiger charge is -2.02. The molecule has 3 nitrogen and oxygen atoms in total. The van der Waals surface area contributed by atoms with Crippen LogP contribution in [0.15, 0.2) is 24.3 Å². The van der Waals surface area contributed by atoms with Crippen LogP contribution in [0.1, 0.15) is 36.2 Å². The van der Waals surface area contributed by atoms with Crippen LogP contribution in [0.3, 0.4) is 0 Å². The minimum Gasteiger partial charge on any atom is -0.460 e. The van der Waals surface area contributed by atoms with Gasteiger partial charge < -0.3 is 4.74 Å². The molecule has 0 aliphatic carbocycles. The Hall–Kier alpha value is -1.64. The molecule has 1 aromatic rings. The summed E-state index contributed by atoms with van der Waals surface area (Å²) in [7, 11) is 0. The van der Waals surface area contributed by atoms with E-state index in [1.165, 1.54) is 5.56 Å². The molecule has 0 aromatic heterocycles. The largest absolute Gasteiger partial charge is 0.460 e. The van der Waals surface area contributed by atoms with Gasteiger partial charge in [0.25, 0.3) is 5.78 Å². The minimum absolute atomic E-state index is 0.221. The average molecular weight is 220 g/mol. The first kappa shape index (κ1) is 12.4. The maximum Gasteiger partial charge on any atom is 0.379 e. The van der Waals surface area contributed by atoms with Crippen LogP contribution < -0.4 is 0 Å². The first-order chi connectivity index (χ1) is 7.69. The van der Waals surface area contributed by atoms with Gasteiger partial charge in [0, 0.05) is 5.56 Å². The van der Waals surface area contributed by atoms with Gasteiger partial charge in [0.2, 0.25) is 0 Å². The molecule has 16 heavy (non-hydrogen) atoms. The monoisotopic (exact) mass is 220 g/mol. The van der Waals surface area contributed by atoms with E-state index in [9.17, 15) is 9.59 Å². The molecule has 0 aliphatic rings. The van der Waals surface area contributed by atoms with Crippen LogP contribution >= 0.6 is 0 Å². The van der Waals surface area contributed by atoms with Crippen molar-refractivity contribution in [1.29, 1.82) is 0 Å². The third-order valence-electron chi connectivity index (χ3n) is 2.22. The third-order valence-corrected chi connectivity index (χ3v) is 2.22. The number of rotatable bonds is 5. The number of ether oxygens (including phenoxy) is 1. The Balaban J connectivity index is 2.73. The highest BCUT2D eigenvalue weighted by Crippen LogP contribution is 2.08. The van der Waals surface area contributed by atoms with Gasteiger partial charge in [-0.3, -0.25) is 4.79 Å². The molecule has 0 saturated carbocycles. The Morgan fingerprint density at radius 1 is 1.12 bits per heavy atom. The Kier molecular flexibility index (Phi) is 4.70. The summed E-state index contributed by atoms with van der Waals surface area (Å²) >= 11 is 0. The summed E-state index contributed by atoms with van der Waals surface area (Å²) in [5.41, 5.74) is 1.56. The number of Topliss-reactive ketones (excluding diaryl/α,β-unsaturated/α-hetero) is 1. The van der Waals surface area contributed by atoms with Gasteiger partial charge in [0.1, 0.15) is 0 Å². The van der Waals surface area contributed by atoms with E-state index in [1.54, 1.807) is 19.1 Å². The molecule has 3 heteroatoms. The molecular formula is C13H16O3. The highest BCUT2D eigenvalue weighted by molar-refractivity contribution is 6.40. The summed E-state index contributed by atoms with van der Waals surface area (Å²) in [5, 5.41) is 0. The van der Waals surface area contributed by atoms with Crippen molar-refractivity contribution in [1.82, 2.24) is 0 Å². The predicted molar refractivity (Wildman–Crippen MR) is 61.4 cm³/mol. The molecule has 0 saturated heterocycles. The summed E-state index contributed by atoms with van der Waals surface area (Å²) in [4.78, 5) is 22.7. The maximum atomic E-state index is 11.5. The molecule has 1 rings (SSSR count). The number of hydrogen-bond donors (Lipinski definition) is 0. The topological polar surface area (TPSA) is 43.4 Å². The molecule has 0 unspecified atom stereocenters. The van der Waals surface area contributed by atoms with Crippen LogP contribution in [0.5, 0.6) is 0 Å². The van der Waals surface area contributed by atoms with E-state index in [-0.39, 0.29) is 6.61 Å². The van der Waals surface area contributed by atoms with E-state index in [1.807, 2.05) is 12.1 Å². The molecule has 0 radical (unpaired) electrons. The molecule has 86 valence electrons. The van der Waals surface area contributed by atoms with Crippen molar-refractivity contribution in [3.8, 4) is 0 Å². The van der Waals surface area contributed by atoms with Crippen LogP contribution in [-0.4, -0.2) is 18.4 Å². The van der Waals surface area contributed by atoms with Crippen molar-refractivity contribution in [2.75, 3.05) is 6.61 Å². The molecule has 0 N–H and O–H groups in total. The van der Waals surface area contributed by atoms with Crippen molar-refractivity contribution in [3.63, 3.8) is 0 Å². The normalized spacial score (nSPS) is 9.88. The zero-order valence-corrected chi connectivity index (χ0v) is 9.66. The van der Waals surface area contributed by atoms with E-state index in [0.717, 1.165) is 12.8 Å².